The number of quaternary nitrogens is 1. The Morgan fingerprint density at radius 2 is 1.22 bits per heavy atom. The molecule has 11 heteroatoms. The van der Waals surface area contributed by atoms with Gasteiger partial charge >= 0.3 is 23.9 Å². The smallest absolute Gasteiger partial charge is 0.352 e. The average Bonchev–Trinajstić information content (AvgIpc) is 2.80. The average molecular weight is 501 g/mol. The van der Waals surface area contributed by atoms with Crippen LogP contribution in [0.15, 0.2) is 60.7 Å². The number of carboxylic acids is 2. The number of carbonyl (C=O) groups is 5. The third kappa shape index (κ3) is 8.84. The lowest BCUT2D eigenvalue weighted by atomic mass is 10.1. The molecule has 0 heterocycles. The van der Waals surface area contributed by atoms with Crippen LogP contribution in [0, 0.1) is 0 Å². The Kier molecular flexibility index (Phi) is 9.68. The number of ether oxygens (including phenoxy) is 3. The van der Waals surface area contributed by atoms with E-state index in [0.29, 0.717) is 0 Å². The number of esters is 3. The van der Waals surface area contributed by atoms with Gasteiger partial charge in [0, 0.05) is 12.4 Å². The first-order valence-corrected chi connectivity index (χ1v) is 10.8. The standard InChI is InChI=1S/C25H27NO10/c1-26(2,3)15-18(14-19(27)28)34-25(33)21(36-24(32)17-12-8-5-9-13-17)20(22(29)30)35-23(31)16-10-6-4-7-11-16/h4-13,18,20-21H,14-15H2,1-3H3,(H-,27,28,29,30)/t18?,20-,21-/m1/s1. The molecule has 0 aliphatic heterocycles. The summed E-state index contributed by atoms with van der Waals surface area (Å²) >= 11 is 0. The van der Waals surface area contributed by atoms with E-state index in [1.165, 1.54) is 48.5 Å². The zero-order valence-corrected chi connectivity index (χ0v) is 20.0. The summed E-state index contributed by atoms with van der Waals surface area (Å²) in [6.45, 7) is 0.0145. The third-order valence-electron chi connectivity index (χ3n) is 4.67. The topological polar surface area (TPSA) is 156 Å². The molecule has 3 atom stereocenters. The van der Waals surface area contributed by atoms with Gasteiger partial charge in [0.05, 0.1) is 32.3 Å². The van der Waals surface area contributed by atoms with E-state index in [1.54, 1.807) is 33.3 Å². The lowest BCUT2D eigenvalue weighted by Crippen LogP contribution is -2.50. The van der Waals surface area contributed by atoms with E-state index in [0.717, 1.165) is 0 Å². The summed E-state index contributed by atoms with van der Waals surface area (Å²) in [6.07, 6.45) is -6.47. The van der Waals surface area contributed by atoms with Crippen LogP contribution in [-0.2, 0) is 28.6 Å². The molecule has 0 saturated carbocycles. The predicted molar refractivity (Wildman–Crippen MR) is 121 cm³/mol. The van der Waals surface area contributed by atoms with Crippen LogP contribution >= 0.6 is 0 Å². The van der Waals surface area contributed by atoms with Crippen LogP contribution in [0.2, 0.25) is 0 Å². The molecule has 2 rings (SSSR count). The number of hydrogen-bond donors (Lipinski definition) is 1. The van der Waals surface area contributed by atoms with Gasteiger partial charge in [-0.05, 0) is 24.3 Å². The molecule has 0 fully saturated rings. The van der Waals surface area contributed by atoms with E-state index in [4.69, 9.17) is 14.2 Å². The molecule has 0 spiro atoms. The third-order valence-corrected chi connectivity index (χ3v) is 4.67. The van der Waals surface area contributed by atoms with Crippen LogP contribution in [0.5, 0.6) is 0 Å². The van der Waals surface area contributed by atoms with Crippen molar-refractivity contribution in [3.8, 4) is 0 Å². The van der Waals surface area contributed by atoms with E-state index < -0.39 is 54.6 Å². The Morgan fingerprint density at radius 3 is 1.61 bits per heavy atom. The summed E-state index contributed by atoms with van der Waals surface area (Å²) in [5, 5.41) is 21.0. The maximum absolute atomic E-state index is 13.1. The van der Waals surface area contributed by atoms with E-state index in [-0.39, 0.29) is 22.2 Å². The number of likely N-dealkylation sites (N-methyl/N-ethyl adjacent to an activating group) is 1. The first-order chi connectivity index (χ1) is 16.9. The molecule has 0 saturated heterocycles. The molecule has 36 heavy (non-hydrogen) atoms. The Hall–Kier alpha value is -4.25. The maximum Gasteiger partial charge on any atom is 0.352 e. The van der Waals surface area contributed by atoms with Gasteiger partial charge in [0.15, 0.2) is 6.10 Å². The Labute approximate surface area is 207 Å². The van der Waals surface area contributed by atoms with Gasteiger partial charge in [-0.2, -0.15) is 0 Å². The Morgan fingerprint density at radius 1 is 0.778 bits per heavy atom. The van der Waals surface area contributed by atoms with Gasteiger partial charge in [-0.15, -0.1) is 0 Å². The number of rotatable bonds is 12. The number of carboxylic acid groups (broad SMARTS) is 2. The van der Waals surface area contributed by atoms with Gasteiger partial charge in [-0.25, -0.2) is 19.2 Å². The molecule has 11 nitrogen and oxygen atoms in total. The minimum absolute atomic E-state index is 0.00790. The molecule has 0 aromatic heterocycles. The molecule has 192 valence electrons. The molecule has 0 radical (unpaired) electrons. The molecule has 2 aromatic rings. The summed E-state index contributed by atoms with van der Waals surface area (Å²) < 4.78 is 15.6. The van der Waals surface area contributed by atoms with Crippen molar-refractivity contribution in [1.82, 2.24) is 0 Å². The maximum atomic E-state index is 13.1. The normalized spacial score (nSPS) is 13.5. The number of benzene rings is 2. The lowest BCUT2D eigenvalue weighted by molar-refractivity contribution is -0.873. The molecular formula is C25H27NO10. The molecule has 0 aliphatic carbocycles. The first kappa shape index (κ1) is 28.0. The zero-order valence-electron chi connectivity index (χ0n) is 20.0. The summed E-state index contributed by atoms with van der Waals surface area (Å²) in [5.74, 6) is -6.86. The van der Waals surface area contributed by atoms with Crippen molar-refractivity contribution in [2.24, 2.45) is 0 Å². The van der Waals surface area contributed by atoms with Gasteiger partial charge < -0.3 is 33.7 Å². The highest BCUT2D eigenvalue weighted by molar-refractivity contribution is 5.95. The molecule has 0 bridgehead atoms. The Bertz CT molecular complexity index is 1080. The summed E-state index contributed by atoms with van der Waals surface area (Å²) in [5.41, 5.74) is -0.0171. The fourth-order valence-corrected chi connectivity index (χ4v) is 3.16. The highest BCUT2D eigenvalue weighted by atomic mass is 16.6. The van der Waals surface area contributed by atoms with Crippen LogP contribution in [0.25, 0.3) is 0 Å². The highest BCUT2D eigenvalue weighted by Crippen LogP contribution is 2.16. The van der Waals surface area contributed by atoms with Gasteiger partial charge in [0.1, 0.15) is 6.54 Å². The number of hydrogen-bond acceptors (Lipinski definition) is 9. The van der Waals surface area contributed by atoms with E-state index in [1.807, 2.05) is 0 Å². The zero-order chi connectivity index (χ0) is 26.9. The van der Waals surface area contributed by atoms with Crippen molar-refractivity contribution >= 4 is 29.8 Å². The fourth-order valence-electron chi connectivity index (χ4n) is 3.16. The fraction of sp³-hybridized carbons (Fsp3) is 0.320. The number of aliphatic carboxylic acids is 2. The Balaban J connectivity index is 2.38. The molecule has 2 aromatic carbocycles. The highest BCUT2D eigenvalue weighted by Gasteiger charge is 2.43. The largest absolute Gasteiger partial charge is 0.550 e. The minimum atomic E-state index is -2.29. The van der Waals surface area contributed by atoms with Gasteiger partial charge in [-0.3, -0.25) is 0 Å². The molecule has 0 amide bonds. The van der Waals surface area contributed by atoms with Crippen LogP contribution in [0.1, 0.15) is 27.1 Å². The minimum Gasteiger partial charge on any atom is -0.550 e. The van der Waals surface area contributed by atoms with Gasteiger partial charge in [0.2, 0.25) is 12.2 Å². The number of nitrogens with zero attached hydrogens (tertiary/aromatic N) is 1. The van der Waals surface area contributed by atoms with Crippen LogP contribution < -0.4 is 5.11 Å². The summed E-state index contributed by atoms with van der Waals surface area (Å²) in [6, 6.07) is 14.8. The van der Waals surface area contributed by atoms with Crippen molar-refractivity contribution in [3.63, 3.8) is 0 Å². The SMILES string of the molecule is C[N+](C)(C)CC(CC(=O)[O-])OC(=O)[C@H](OC(=O)c1ccccc1)[C@@H](OC(=O)c1ccccc1)C(=O)O. The van der Waals surface area contributed by atoms with E-state index >= 15 is 0 Å². The van der Waals surface area contributed by atoms with Crippen LogP contribution in [0.3, 0.4) is 0 Å². The van der Waals surface area contributed by atoms with E-state index in [2.05, 4.69) is 0 Å². The molecule has 1 N–H and O–H groups in total. The second kappa shape index (κ2) is 12.5. The van der Waals surface area contributed by atoms with Crippen molar-refractivity contribution < 1.29 is 52.9 Å². The quantitative estimate of drug-likeness (QED) is 0.243. The summed E-state index contributed by atoms with van der Waals surface area (Å²) in [7, 11) is 5.14. The first-order valence-electron chi connectivity index (χ1n) is 10.8. The van der Waals surface area contributed by atoms with Gasteiger partial charge in [-0.1, -0.05) is 36.4 Å². The van der Waals surface area contributed by atoms with Gasteiger partial charge in [0.25, 0.3) is 0 Å². The second-order valence-electron chi connectivity index (χ2n) is 8.83. The number of carbonyl (C=O) groups excluding carboxylic acids is 4. The predicted octanol–water partition coefficient (Wildman–Crippen LogP) is 0.280. The van der Waals surface area contributed by atoms with Crippen molar-refractivity contribution in [1.29, 1.82) is 0 Å². The van der Waals surface area contributed by atoms with Crippen LogP contribution in [-0.4, -0.2) is 85.4 Å². The van der Waals surface area contributed by atoms with Crippen molar-refractivity contribution in [2.45, 2.75) is 24.7 Å². The summed E-state index contributed by atoms with van der Waals surface area (Å²) in [4.78, 5) is 61.5. The van der Waals surface area contributed by atoms with E-state index in [9.17, 15) is 34.2 Å². The second-order valence-corrected chi connectivity index (χ2v) is 8.83. The monoisotopic (exact) mass is 501 g/mol. The molecular weight excluding hydrogens is 474 g/mol. The van der Waals surface area contributed by atoms with Crippen molar-refractivity contribution in [3.05, 3.63) is 71.8 Å². The molecule has 1 unspecified atom stereocenters. The molecule has 0 aliphatic rings. The van der Waals surface area contributed by atoms with Crippen molar-refractivity contribution in [2.75, 3.05) is 27.7 Å². The lowest BCUT2D eigenvalue weighted by Gasteiger charge is -2.30. The van der Waals surface area contributed by atoms with Crippen LogP contribution in [0.4, 0.5) is 0 Å².